The van der Waals surface area contributed by atoms with E-state index in [4.69, 9.17) is 21.6 Å². The van der Waals surface area contributed by atoms with Crippen LogP contribution in [0, 0.1) is 11.3 Å². The molecule has 14 heavy (non-hydrogen) atoms. The number of nitrogens with zero attached hydrogens (tertiary/aromatic N) is 1. The summed E-state index contributed by atoms with van der Waals surface area (Å²) >= 11 is 5.77. The molecule has 0 spiro atoms. The van der Waals surface area contributed by atoms with Crippen LogP contribution in [0.1, 0.15) is 24.5 Å². The monoisotopic (exact) mass is 209 g/mol. The molecule has 0 bridgehead atoms. The average molecular weight is 210 g/mol. The quantitative estimate of drug-likeness (QED) is 0.762. The molecule has 0 aliphatic carbocycles. The first kappa shape index (κ1) is 11.0. The summed E-state index contributed by atoms with van der Waals surface area (Å²) in [4.78, 5) is 0. The highest BCUT2D eigenvalue weighted by Gasteiger charge is 2.09. The van der Waals surface area contributed by atoms with Crippen LogP contribution in [0.2, 0.25) is 5.02 Å². The lowest BCUT2D eigenvalue weighted by atomic mass is 10.1. The minimum atomic E-state index is -0.00748. The molecule has 0 N–H and O–H groups in total. The zero-order chi connectivity index (χ0) is 10.4. The molecular formula is C11H12ClNO. The normalized spacial score (nSPS) is 12.1. The molecular weight excluding hydrogens is 198 g/mol. The van der Waals surface area contributed by atoms with Gasteiger partial charge in [-0.25, -0.2) is 0 Å². The second-order valence-electron chi connectivity index (χ2n) is 2.97. The third-order valence-electron chi connectivity index (χ3n) is 2.04. The van der Waals surface area contributed by atoms with Gasteiger partial charge in [-0.15, -0.1) is 0 Å². The van der Waals surface area contributed by atoms with Gasteiger partial charge in [0.1, 0.15) is 0 Å². The lowest BCUT2D eigenvalue weighted by molar-refractivity contribution is 0.0969. The number of nitriles is 1. The van der Waals surface area contributed by atoms with Crippen molar-refractivity contribution in [1.29, 1.82) is 5.26 Å². The van der Waals surface area contributed by atoms with E-state index in [9.17, 15) is 0 Å². The van der Waals surface area contributed by atoms with Crippen molar-refractivity contribution < 1.29 is 4.74 Å². The Balaban J connectivity index is 2.69. The van der Waals surface area contributed by atoms with Gasteiger partial charge in [0.25, 0.3) is 0 Å². The van der Waals surface area contributed by atoms with Crippen molar-refractivity contribution in [2.45, 2.75) is 18.9 Å². The zero-order valence-corrected chi connectivity index (χ0v) is 8.79. The van der Waals surface area contributed by atoms with Crippen molar-refractivity contribution >= 4 is 11.6 Å². The van der Waals surface area contributed by atoms with E-state index in [1.54, 1.807) is 7.11 Å². The number of rotatable bonds is 4. The summed E-state index contributed by atoms with van der Waals surface area (Å²) in [5.41, 5.74) is 1.06. The minimum Gasteiger partial charge on any atom is -0.377 e. The first-order valence-corrected chi connectivity index (χ1v) is 4.81. The molecule has 2 nitrogen and oxygen atoms in total. The Morgan fingerprint density at radius 1 is 1.43 bits per heavy atom. The Morgan fingerprint density at radius 3 is 2.57 bits per heavy atom. The van der Waals surface area contributed by atoms with E-state index in [1.807, 2.05) is 24.3 Å². The van der Waals surface area contributed by atoms with Gasteiger partial charge in [0, 0.05) is 18.6 Å². The third kappa shape index (κ3) is 3.02. The fraction of sp³-hybridized carbons (Fsp3) is 0.364. The van der Waals surface area contributed by atoms with E-state index in [1.165, 1.54) is 0 Å². The van der Waals surface area contributed by atoms with E-state index in [0.717, 1.165) is 5.56 Å². The second-order valence-corrected chi connectivity index (χ2v) is 3.41. The van der Waals surface area contributed by atoms with Crippen LogP contribution in [0.4, 0.5) is 0 Å². The summed E-state index contributed by atoms with van der Waals surface area (Å²) in [6.45, 7) is 0. The lowest BCUT2D eigenvalue weighted by Crippen LogP contribution is -2.00. The van der Waals surface area contributed by atoms with Crippen molar-refractivity contribution in [2.24, 2.45) is 0 Å². The van der Waals surface area contributed by atoms with Gasteiger partial charge in [0.15, 0.2) is 0 Å². The Labute approximate surface area is 89.1 Å². The van der Waals surface area contributed by atoms with Crippen LogP contribution in [0.25, 0.3) is 0 Å². The van der Waals surface area contributed by atoms with Crippen LogP contribution < -0.4 is 0 Å². The predicted octanol–water partition coefficient (Wildman–Crippen LogP) is 3.33. The van der Waals surface area contributed by atoms with Gasteiger partial charge in [-0.3, -0.25) is 0 Å². The summed E-state index contributed by atoms with van der Waals surface area (Å²) in [6.07, 6.45) is 1.21. The van der Waals surface area contributed by atoms with E-state index in [2.05, 4.69) is 6.07 Å². The van der Waals surface area contributed by atoms with E-state index < -0.39 is 0 Å². The van der Waals surface area contributed by atoms with Crippen molar-refractivity contribution in [3.05, 3.63) is 34.9 Å². The number of halogens is 1. The molecule has 1 aromatic carbocycles. The maximum Gasteiger partial charge on any atom is 0.0831 e. The Morgan fingerprint density at radius 2 is 2.07 bits per heavy atom. The molecule has 0 saturated heterocycles. The van der Waals surface area contributed by atoms with Crippen molar-refractivity contribution in [2.75, 3.05) is 7.11 Å². The first-order chi connectivity index (χ1) is 6.77. The van der Waals surface area contributed by atoms with Gasteiger partial charge in [0.05, 0.1) is 12.2 Å². The van der Waals surface area contributed by atoms with Crippen molar-refractivity contribution in [3.8, 4) is 6.07 Å². The lowest BCUT2D eigenvalue weighted by Gasteiger charge is -2.13. The highest BCUT2D eigenvalue weighted by Crippen LogP contribution is 2.23. The first-order valence-electron chi connectivity index (χ1n) is 4.43. The van der Waals surface area contributed by atoms with Gasteiger partial charge in [0.2, 0.25) is 0 Å². The third-order valence-corrected chi connectivity index (χ3v) is 2.30. The number of ether oxygens (including phenoxy) is 1. The number of benzene rings is 1. The molecule has 3 heteroatoms. The highest BCUT2D eigenvalue weighted by atomic mass is 35.5. The minimum absolute atomic E-state index is 0.00748. The second kappa shape index (κ2) is 5.64. The Bertz CT molecular complexity index is 315. The standard InChI is InChI=1S/C11H12ClNO/c1-14-11(3-2-8-13)9-4-6-10(12)7-5-9/h4-7,11H,2-3H2,1H3/t11-/m0/s1. The molecule has 1 rings (SSSR count). The fourth-order valence-corrected chi connectivity index (χ4v) is 1.42. The van der Waals surface area contributed by atoms with Crippen molar-refractivity contribution in [1.82, 2.24) is 0 Å². The molecule has 0 saturated carbocycles. The molecule has 0 heterocycles. The molecule has 1 atom stereocenters. The van der Waals surface area contributed by atoms with E-state index >= 15 is 0 Å². The molecule has 0 aliphatic rings. The Kier molecular flexibility index (Phi) is 4.45. The highest BCUT2D eigenvalue weighted by molar-refractivity contribution is 6.30. The summed E-state index contributed by atoms with van der Waals surface area (Å²) in [5.74, 6) is 0. The summed E-state index contributed by atoms with van der Waals surface area (Å²) in [7, 11) is 1.65. The molecule has 0 unspecified atom stereocenters. The van der Waals surface area contributed by atoms with Crippen LogP contribution in [0.3, 0.4) is 0 Å². The SMILES string of the molecule is CO[C@@H](CCC#N)c1ccc(Cl)cc1. The predicted molar refractivity (Wildman–Crippen MR) is 56.0 cm³/mol. The maximum absolute atomic E-state index is 8.48. The molecule has 0 aliphatic heterocycles. The van der Waals surface area contributed by atoms with Crippen LogP contribution in [0.15, 0.2) is 24.3 Å². The zero-order valence-electron chi connectivity index (χ0n) is 8.03. The summed E-state index contributed by atoms with van der Waals surface area (Å²) in [6, 6.07) is 9.61. The number of hydrogen-bond acceptors (Lipinski definition) is 2. The van der Waals surface area contributed by atoms with Crippen LogP contribution in [-0.2, 0) is 4.74 Å². The fourth-order valence-electron chi connectivity index (χ4n) is 1.29. The number of hydrogen-bond donors (Lipinski definition) is 0. The van der Waals surface area contributed by atoms with Gasteiger partial charge in [-0.05, 0) is 24.1 Å². The molecule has 74 valence electrons. The molecule has 0 radical (unpaired) electrons. The van der Waals surface area contributed by atoms with E-state index in [0.29, 0.717) is 17.9 Å². The van der Waals surface area contributed by atoms with Crippen LogP contribution in [-0.4, -0.2) is 7.11 Å². The molecule has 1 aromatic rings. The Hall–Kier alpha value is -1.04. The molecule has 0 fully saturated rings. The average Bonchev–Trinajstić information content (AvgIpc) is 2.21. The summed E-state index contributed by atoms with van der Waals surface area (Å²) < 4.78 is 5.28. The van der Waals surface area contributed by atoms with Gasteiger partial charge in [-0.1, -0.05) is 23.7 Å². The largest absolute Gasteiger partial charge is 0.377 e. The van der Waals surface area contributed by atoms with Gasteiger partial charge >= 0.3 is 0 Å². The van der Waals surface area contributed by atoms with Gasteiger partial charge in [-0.2, -0.15) is 5.26 Å². The van der Waals surface area contributed by atoms with E-state index in [-0.39, 0.29) is 6.10 Å². The smallest absolute Gasteiger partial charge is 0.0831 e. The van der Waals surface area contributed by atoms with Gasteiger partial charge < -0.3 is 4.74 Å². The molecule has 0 aromatic heterocycles. The maximum atomic E-state index is 8.48. The number of methoxy groups -OCH3 is 1. The topological polar surface area (TPSA) is 33.0 Å². The van der Waals surface area contributed by atoms with Crippen LogP contribution >= 0.6 is 11.6 Å². The summed E-state index contributed by atoms with van der Waals surface area (Å²) in [5, 5.41) is 9.19. The van der Waals surface area contributed by atoms with Crippen LogP contribution in [0.5, 0.6) is 0 Å². The van der Waals surface area contributed by atoms with Crippen molar-refractivity contribution in [3.63, 3.8) is 0 Å². The molecule has 0 amide bonds.